The van der Waals surface area contributed by atoms with Crippen LogP contribution in [0.4, 0.5) is 0 Å². The van der Waals surface area contributed by atoms with Crippen LogP contribution < -0.4 is 0 Å². The van der Waals surface area contributed by atoms with E-state index in [0.29, 0.717) is 12.1 Å². The van der Waals surface area contributed by atoms with Crippen molar-refractivity contribution >= 4 is 5.91 Å². The van der Waals surface area contributed by atoms with Crippen molar-refractivity contribution in [3.05, 3.63) is 35.4 Å². The number of nitrogens with zero attached hydrogens (tertiary/aromatic N) is 5. The van der Waals surface area contributed by atoms with Crippen LogP contribution in [-0.2, 0) is 20.1 Å². The minimum atomic E-state index is -0.0308. The normalized spacial score (nSPS) is 10.7. The topological polar surface area (TPSA) is 56.0 Å². The van der Waals surface area contributed by atoms with Crippen LogP contribution >= 0.6 is 0 Å². The van der Waals surface area contributed by atoms with Crippen LogP contribution in [0.1, 0.15) is 28.5 Å². The van der Waals surface area contributed by atoms with Gasteiger partial charge in [-0.25, -0.2) is 0 Å². The third kappa shape index (κ3) is 2.67. The van der Waals surface area contributed by atoms with Gasteiger partial charge in [-0.05, 0) is 13.8 Å². The molecule has 0 aliphatic rings. The fraction of sp³-hybridized carbons (Fsp3) is 0.462. The van der Waals surface area contributed by atoms with Crippen molar-refractivity contribution in [2.24, 2.45) is 7.05 Å². The summed E-state index contributed by atoms with van der Waals surface area (Å²) in [4.78, 5) is 13.9. The Morgan fingerprint density at radius 2 is 2.11 bits per heavy atom. The van der Waals surface area contributed by atoms with Gasteiger partial charge in [-0.15, -0.1) is 0 Å². The Morgan fingerprint density at radius 1 is 1.37 bits per heavy atom. The van der Waals surface area contributed by atoms with Crippen LogP contribution in [0.15, 0.2) is 18.6 Å². The summed E-state index contributed by atoms with van der Waals surface area (Å²) in [5.74, 6) is -0.0308. The van der Waals surface area contributed by atoms with Crippen LogP contribution in [0.2, 0.25) is 0 Å². The highest BCUT2D eigenvalue weighted by molar-refractivity contribution is 5.93. The number of aromatic nitrogens is 4. The van der Waals surface area contributed by atoms with E-state index in [0.717, 1.165) is 17.8 Å². The summed E-state index contributed by atoms with van der Waals surface area (Å²) in [6, 6.07) is 0. The Kier molecular flexibility index (Phi) is 3.69. The molecule has 0 aromatic carbocycles. The third-order valence-electron chi connectivity index (χ3n) is 3.21. The van der Waals surface area contributed by atoms with Crippen LogP contribution in [0.5, 0.6) is 0 Å². The highest BCUT2D eigenvalue weighted by atomic mass is 16.2. The number of amides is 1. The summed E-state index contributed by atoms with van der Waals surface area (Å²) >= 11 is 0. The predicted octanol–water partition coefficient (Wildman–Crippen LogP) is 1.22. The molecule has 0 N–H and O–H groups in total. The first-order valence-corrected chi connectivity index (χ1v) is 6.28. The van der Waals surface area contributed by atoms with E-state index < -0.39 is 0 Å². The Balaban J connectivity index is 2.10. The van der Waals surface area contributed by atoms with Crippen molar-refractivity contribution in [1.82, 2.24) is 24.5 Å². The zero-order valence-corrected chi connectivity index (χ0v) is 11.8. The predicted molar refractivity (Wildman–Crippen MR) is 71.6 cm³/mol. The minimum Gasteiger partial charge on any atom is -0.337 e. The Morgan fingerprint density at radius 3 is 2.63 bits per heavy atom. The standard InChI is InChI=1S/C13H19N5O/c1-5-18-10(2)11(6-15-18)8-16(3)13(19)12-7-14-17(4)9-12/h6-7,9H,5,8H2,1-4H3. The Hall–Kier alpha value is -2.11. The van der Waals surface area contributed by atoms with Crippen molar-refractivity contribution in [2.45, 2.75) is 26.9 Å². The lowest BCUT2D eigenvalue weighted by Crippen LogP contribution is -2.26. The molecule has 2 aromatic heterocycles. The minimum absolute atomic E-state index is 0.0308. The molecule has 0 saturated heterocycles. The molecular formula is C13H19N5O. The van der Waals surface area contributed by atoms with Gasteiger partial charge in [0.25, 0.3) is 5.91 Å². The van der Waals surface area contributed by atoms with E-state index in [1.54, 1.807) is 36.1 Å². The molecule has 0 unspecified atom stereocenters. The fourth-order valence-corrected chi connectivity index (χ4v) is 2.04. The maximum Gasteiger partial charge on any atom is 0.257 e. The molecule has 0 aliphatic carbocycles. The third-order valence-corrected chi connectivity index (χ3v) is 3.21. The zero-order chi connectivity index (χ0) is 14.0. The van der Waals surface area contributed by atoms with E-state index in [-0.39, 0.29) is 5.91 Å². The van der Waals surface area contributed by atoms with Crippen LogP contribution in [0.3, 0.4) is 0 Å². The highest BCUT2D eigenvalue weighted by Crippen LogP contribution is 2.11. The smallest absolute Gasteiger partial charge is 0.257 e. The average molecular weight is 261 g/mol. The molecule has 0 atom stereocenters. The van der Waals surface area contributed by atoms with E-state index in [1.165, 1.54) is 0 Å². The summed E-state index contributed by atoms with van der Waals surface area (Å²) in [5, 5.41) is 8.30. The van der Waals surface area contributed by atoms with Gasteiger partial charge in [0.05, 0.1) is 18.0 Å². The summed E-state index contributed by atoms with van der Waals surface area (Å²) in [6.07, 6.45) is 5.13. The number of hydrogen-bond acceptors (Lipinski definition) is 3. The molecule has 6 heteroatoms. The van der Waals surface area contributed by atoms with E-state index in [1.807, 2.05) is 24.7 Å². The molecular weight excluding hydrogens is 242 g/mol. The largest absolute Gasteiger partial charge is 0.337 e. The highest BCUT2D eigenvalue weighted by Gasteiger charge is 2.15. The van der Waals surface area contributed by atoms with Crippen molar-refractivity contribution < 1.29 is 4.79 Å². The molecule has 0 bridgehead atoms. The molecule has 1 amide bonds. The van der Waals surface area contributed by atoms with Crippen LogP contribution in [0, 0.1) is 6.92 Å². The molecule has 0 radical (unpaired) electrons. The summed E-state index contributed by atoms with van der Waals surface area (Å²) in [5.41, 5.74) is 2.78. The quantitative estimate of drug-likeness (QED) is 0.831. The molecule has 0 spiro atoms. The summed E-state index contributed by atoms with van der Waals surface area (Å²) < 4.78 is 3.55. The van der Waals surface area contributed by atoms with E-state index >= 15 is 0 Å². The van der Waals surface area contributed by atoms with Crippen molar-refractivity contribution in [1.29, 1.82) is 0 Å². The molecule has 6 nitrogen and oxygen atoms in total. The first-order valence-electron chi connectivity index (χ1n) is 6.28. The van der Waals surface area contributed by atoms with Crippen molar-refractivity contribution in [3.8, 4) is 0 Å². The molecule has 0 aliphatic heterocycles. The molecule has 2 aromatic rings. The van der Waals surface area contributed by atoms with Gasteiger partial charge in [0.1, 0.15) is 0 Å². The van der Waals surface area contributed by atoms with Crippen molar-refractivity contribution in [2.75, 3.05) is 7.05 Å². The maximum atomic E-state index is 12.2. The SMILES string of the molecule is CCn1ncc(CN(C)C(=O)c2cnn(C)c2)c1C. The second-order valence-electron chi connectivity index (χ2n) is 4.63. The maximum absolute atomic E-state index is 12.2. The van der Waals surface area contributed by atoms with Gasteiger partial charge >= 0.3 is 0 Å². The molecule has 102 valence electrons. The average Bonchev–Trinajstić information content (AvgIpc) is 2.96. The molecule has 2 rings (SSSR count). The molecule has 19 heavy (non-hydrogen) atoms. The van der Waals surface area contributed by atoms with E-state index in [9.17, 15) is 4.79 Å². The van der Waals surface area contributed by atoms with Gasteiger partial charge in [-0.2, -0.15) is 10.2 Å². The first kappa shape index (κ1) is 13.3. The monoisotopic (exact) mass is 261 g/mol. The molecule has 0 fully saturated rings. The Bertz CT molecular complexity index is 584. The Labute approximate surface area is 112 Å². The second kappa shape index (κ2) is 5.26. The fourth-order valence-electron chi connectivity index (χ4n) is 2.04. The molecule has 0 saturated carbocycles. The molecule has 2 heterocycles. The number of aryl methyl sites for hydroxylation is 2. The number of carbonyl (C=O) groups excluding carboxylic acids is 1. The van der Waals surface area contributed by atoms with E-state index in [4.69, 9.17) is 0 Å². The number of rotatable bonds is 4. The van der Waals surface area contributed by atoms with Crippen molar-refractivity contribution in [3.63, 3.8) is 0 Å². The lowest BCUT2D eigenvalue weighted by Gasteiger charge is -2.16. The van der Waals surface area contributed by atoms with E-state index in [2.05, 4.69) is 10.2 Å². The van der Waals surface area contributed by atoms with Gasteiger partial charge in [-0.1, -0.05) is 0 Å². The van der Waals surface area contributed by atoms with Gasteiger partial charge in [0.2, 0.25) is 0 Å². The second-order valence-corrected chi connectivity index (χ2v) is 4.63. The van der Waals surface area contributed by atoms with Gasteiger partial charge in [-0.3, -0.25) is 14.2 Å². The lowest BCUT2D eigenvalue weighted by molar-refractivity contribution is 0.0785. The zero-order valence-electron chi connectivity index (χ0n) is 11.8. The van der Waals surface area contributed by atoms with Gasteiger partial charge in [0.15, 0.2) is 0 Å². The number of hydrogen-bond donors (Lipinski definition) is 0. The first-order chi connectivity index (χ1) is 9.02. The van der Waals surface area contributed by atoms with Gasteiger partial charge < -0.3 is 4.90 Å². The lowest BCUT2D eigenvalue weighted by atomic mass is 10.2. The number of carbonyl (C=O) groups is 1. The summed E-state index contributed by atoms with van der Waals surface area (Å²) in [7, 11) is 3.59. The van der Waals surface area contributed by atoms with Gasteiger partial charge in [0, 0.05) is 44.6 Å². The van der Waals surface area contributed by atoms with Crippen LogP contribution in [0.25, 0.3) is 0 Å². The van der Waals surface area contributed by atoms with Crippen LogP contribution in [-0.4, -0.2) is 37.4 Å². The summed E-state index contributed by atoms with van der Waals surface area (Å²) in [6.45, 7) is 5.47.